The topological polar surface area (TPSA) is 37.3 Å². The molecular formula is C18H18O2SSe. The van der Waals surface area contributed by atoms with Crippen LogP contribution in [0.5, 0.6) is 0 Å². The SMILES string of the molecule is CC1(C)CCSc2c([Se]c3ccc(C(=O)O)cc3)cccc21. The van der Waals surface area contributed by atoms with Crippen LogP contribution in [0.3, 0.4) is 0 Å². The molecule has 0 unspecified atom stereocenters. The molecule has 114 valence electrons. The number of rotatable bonds is 3. The zero-order chi connectivity index (χ0) is 15.7. The van der Waals surface area contributed by atoms with Crippen LogP contribution in [0.25, 0.3) is 0 Å². The normalized spacial score (nSPS) is 16.1. The number of hydrogen-bond donors (Lipinski definition) is 1. The second kappa shape index (κ2) is 6.11. The molecule has 0 radical (unpaired) electrons. The van der Waals surface area contributed by atoms with Crippen LogP contribution < -0.4 is 8.92 Å². The molecule has 2 aromatic carbocycles. The minimum atomic E-state index is -0.867. The molecule has 0 saturated heterocycles. The standard InChI is InChI=1S/C18H18O2SSe/c1-18(2)10-11-21-16-14(18)4-3-5-15(16)22-13-8-6-12(7-9-13)17(19)20/h3-9H,10-11H2,1-2H3,(H,19,20). The average molecular weight is 377 g/mol. The van der Waals surface area contributed by atoms with E-state index in [1.165, 1.54) is 31.6 Å². The first-order valence-corrected chi connectivity index (χ1v) is 9.95. The second-order valence-electron chi connectivity index (χ2n) is 6.05. The van der Waals surface area contributed by atoms with Gasteiger partial charge in [-0.15, -0.1) is 0 Å². The van der Waals surface area contributed by atoms with Gasteiger partial charge in [0, 0.05) is 0 Å². The van der Waals surface area contributed by atoms with E-state index >= 15 is 0 Å². The number of carboxylic acid groups (broad SMARTS) is 1. The fraction of sp³-hybridized carbons (Fsp3) is 0.278. The van der Waals surface area contributed by atoms with Crippen LogP contribution in [0.4, 0.5) is 0 Å². The average Bonchev–Trinajstić information content (AvgIpc) is 2.48. The Morgan fingerprint density at radius 3 is 2.59 bits per heavy atom. The summed E-state index contributed by atoms with van der Waals surface area (Å²) in [6.45, 7) is 4.65. The Hall–Kier alpha value is -1.22. The quantitative estimate of drug-likeness (QED) is 0.836. The van der Waals surface area contributed by atoms with Crippen LogP contribution in [0, 0.1) is 0 Å². The predicted octanol–water partition coefficient (Wildman–Crippen LogP) is 2.81. The van der Waals surface area contributed by atoms with Crippen LogP contribution in [-0.2, 0) is 5.41 Å². The molecule has 0 aliphatic carbocycles. The monoisotopic (exact) mass is 378 g/mol. The molecule has 4 heteroatoms. The van der Waals surface area contributed by atoms with Crippen LogP contribution >= 0.6 is 11.8 Å². The van der Waals surface area contributed by atoms with E-state index in [9.17, 15) is 4.79 Å². The van der Waals surface area contributed by atoms with Gasteiger partial charge < -0.3 is 0 Å². The maximum atomic E-state index is 10.9. The van der Waals surface area contributed by atoms with Crippen molar-refractivity contribution in [3.63, 3.8) is 0 Å². The summed E-state index contributed by atoms with van der Waals surface area (Å²) in [7, 11) is 0. The van der Waals surface area contributed by atoms with Gasteiger partial charge in [0.1, 0.15) is 0 Å². The molecule has 22 heavy (non-hydrogen) atoms. The summed E-state index contributed by atoms with van der Waals surface area (Å²) in [6, 6.07) is 13.9. The molecule has 0 saturated carbocycles. The summed E-state index contributed by atoms with van der Waals surface area (Å²) < 4.78 is 2.63. The number of aromatic carboxylic acids is 1. The Morgan fingerprint density at radius 2 is 1.91 bits per heavy atom. The molecular weight excluding hydrogens is 359 g/mol. The van der Waals surface area contributed by atoms with Gasteiger partial charge >= 0.3 is 141 Å². The van der Waals surface area contributed by atoms with Crippen molar-refractivity contribution < 1.29 is 9.90 Å². The van der Waals surface area contributed by atoms with Gasteiger partial charge in [-0.2, -0.15) is 0 Å². The molecule has 0 aromatic heterocycles. The van der Waals surface area contributed by atoms with E-state index < -0.39 is 5.97 Å². The number of fused-ring (bicyclic) bond motifs is 1. The summed E-state index contributed by atoms with van der Waals surface area (Å²) in [6.07, 6.45) is 1.22. The van der Waals surface area contributed by atoms with Crippen LogP contribution in [0.1, 0.15) is 36.2 Å². The minimum absolute atomic E-state index is 0.211. The molecule has 3 rings (SSSR count). The van der Waals surface area contributed by atoms with Gasteiger partial charge in [-0.25, -0.2) is 0 Å². The summed E-state index contributed by atoms with van der Waals surface area (Å²) in [5.74, 6) is 0.304. The van der Waals surface area contributed by atoms with Crippen molar-refractivity contribution in [2.24, 2.45) is 0 Å². The van der Waals surface area contributed by atoms with Crippen molar-refractivity contribution in [2.75, 3.05) is 5.75 Å². The molecule has 0 spiro atoms. The summed E-state index contributed by atoms with van der Waals surface area (Å²) in [5, 5.41) is 8.98. The summed E-state index contributed by atoms with van der Waals surface area (Å²) >= 11 is 2.18. The molecule has 1 aliphatic heterocycles. The second-order valence-corrected chi connectivity index (χ2v) is 9.49. The first kappa shape index (κ1) is 15.7. The molecule has 1 N–H and O–H groups in total. The van der Waals surface area contributed by atoms with E-state index in [1.54, 1.807) is 12.1 Å². The van der Waals surface area contributed by atoms with Crippen molar-refractivity contribution in [1.82, 2.24) is 0 Å². The van der Waals surface area contributed by atoms with Gasteiger partial charge in [0.2, 0.25) is 0 Å². The Kier molecular flexibility index (Phi) is 4.35. The van der Waals surface area contributed by atoms with Gasteiger partial charge in [0.05, 0.1) is 0 Å². The number of thioether (sulfide) groups is 1. The van der Waals surface area contributed by atoms with E-state index in [0.717, 1.165) is 0 Å². The zero-order valence-electron chi connectivity index (χ0n) is 12.6. The van der Waals surface area contributed by atoms with Gasteiger partial charge in [-0.3, -0.25) is 0 Å². The molecule has 1 aliphatic rings. The molecule has 0 atom stereocenters. The van der Waals surface area contributed by atoms with E-state index in [0.29, 0.717) is 5.56 Å². The van der Waals surface area contributed by atoms with Gasteiger partial charge in [-0.05, 0) is 0 Å². The Bertz CT molecular complexity index is 708. The van der Waals surface area contributed by atoms with Crippen molar-refractivity contribution >= 4 is 41.6 Å². The van der Waals surface area contributed by atoms with Crippen LogP contribution in [-0.4, -0.2) is 31.8 Å². The third-order valence-corrected chi connectivity index (χ3v) is 7.68. The Labute approximate surface area is 141 Å². The Morgan fingerprint density at radius 1 is 1.18 bits per heavy atom. The molecule has 0 fully saturated rings. The number of carbonyl (C=O) groups is 1. The van der Waals surface area contributed by atoms with E-state index in [2.05, 4.69) is 32.0 Å². The fourth-order valence-electron chi connectivity index (χ4n) is 2.61. The van der Waals surface area contributed by atoms with Gasteiger partial charge in [-0.1, -0.05) is 0 Å². The third-order valence-electron chi connectivity index (χ3n) is 4.01. The number of hydrogen-bond acceptors (Lipinski definition) is 2. The molecule has 1 heterocycles. The van der Waals surface area contributed by atoms with Crippen molar-refractivity contribution in [2.45, 2.75) is 30.6 Å². The summed E-state index contributed by atoms with van der Waals surface area (Å²) in [5.41, 5.74) is 2.07. The first-order valence-electron chi connectivity index (χ1n) is 7.25. The predicted molar refractivity (Wildman–Crippen MR) is 93.2 cm³/mol. The maximum absolute atomic E-state index is 10.9. The molecule has 2 aromatic rings. The van der Waals surface area contributed by atoms with Crippen LogP contribution in [0.15, 0.2) is 47.4 Å². The van der Waals surface area contributed by atoms with Crippen molar-refractivity contribution in [3.8, 4) is 0 Å². The molecule has 2 nitrogen and oxygen atoms in total. The van der Waals surface area contributed by atoms with Crippen molar-refractivity contribution in [1.29, 1.82) is 0 Å². The van der Waals surface area contributed by atoms with E-state index in [-0.39, 0.29) is 20.4 Å². The van der Waals surface area contributed by atoms with Crippen LogP contribution in [0.2, 0.25) is 0 Å². The number of carboxylic acids is 1. The number of benzene rings is 2. The Balaban J connectivity index is 1.92. The van der Waals surface area contributed by atoms with E-state index in [4.69, 9.17) is 5.11 Å². The van der Waals surface area contributed by atoms with Gasteiger partial charge in [0.25, 0.3) is 0 Å². The molecule has 0 amide bonds. The van der Waals surface area contributed by atoms with Crippen molar-refractivity contribution in [3.05, 3.63) is 53.6 Å². The third kappa shape index (κ3) is 3.10. The summed E-state index contributed by atoms with van der Waals surface area (Å²) in [4.78, 5) is 12.4. The van der Waals surface area contributed by atoms with Gasteiger partial charge in [0.15, 0.2) is 0 Å². The first-order chi connectivity index (χ1) is 10.5. The fourth-order valence-corrected chi connectivity index (χ4v) is 6.56. The molecule has 0 bridgehead atoms. The van der Waals surface area contributed by atoms with E-state index in [1.807, 2.05) is 23.9 Å². The zero-order valence-corrected chi connectivity index (χ0v) is 15.2.